The van der Waals surface area contributed by atoms with Crippen molar-refractivity contribution in [2.24, 2.45) is 0 Å². The molecule has 3 saturated heterocycles. The van der Waals surface area contributed by atoms with Crippen LogP contribution in [0.3, 0.4) is 0 Å². The predicted octanol–water partition coefficient (Wildman–Crippen LogP) is 0.732. The highest BCUT2D eigenvalue weighted by Gasteiger charge is 2.06. The number of carbonyl (C=O) groups excluding carboxylic acids is 3. The number of hydrogen-bond acceptors (Lipinski definition) is 4. The molecule has 0 atom stereocenters. The van der Waals surface area contributed by atoms with Gasteiger partial charge in [-0.1, -0.05) is 0 Å². The fraction of sp³-hybridized carbons (Fsp3) is 0.824. The minimum Gasteiger partial charge on any atom is -0.378 e. The maximum absolute atomic E-state index is 10.1. The Morgan fingerprint density at radius 1 is 0.500 bits per heavy atom. The van der Waals surface area contributed by atoms with Crippen molar-refractivity contribution >= 4 is 19.2 Å². The predicted molar refractivity (Wildman–Crippen MR) is 91.4 cm³/mol. The van der Waals surface area contributed by atoms with Gasteiger partial charge in [-0.3, -0.25) is 14.4 Å². The monoisotopic (exact) mass is 341 g/mol. The number of amides is 3. The second-order valence-corrected chi connectivity index (χ2v) is 6.16. The first-order valence-electron chi connectivity index (χ1n) is 8.96. The normalized spacial score (nSPS) is 20.8. The average molecular weight is 341 g/mol. The lowest BCUT2D eigenvalue weighted by molar-refractivity contribution is -0.122. The van der Waals surface area contributed by atoms with Gasteiger partial charge in [-0.05, 0) is 38.5 Å². The Labute approximate surface area is 144 Å². The van der Waals surface area contributed by atoms with Crippen molar-refractivity contribution in [3.8, 4) is 0 Å². The fourth-order valence-electron chi connectivity index (χ4n) is 2.73. The first-order chi connectivity index (χ1) is 11.8. The Kier molecular flexibility index (Phi) is 11.7. The van der Waals surface area contributed by atoms with Crippen molar-refractivity contribution in [2.75, 3.05) is 52.5 Å². The molecule has 0 radical (unpaired) electrons. The summed E-state index contributed by atoms with van der Waals surface area (Å²) in [5.74, 6) is 0. The van der Waals surface area contributed by atoms with Crippen molar-refractivity contribution in [2.45, 2.75) is 38.5 Å². The van der Waals surface area contributed by atoms with Crippen molar-refractivity contribution in [3.05, 3.63) is 0 Å². The molecular weight excluding hydrogens is 310 g/mol. The minimum absolute atomic E-state index is 0.693. The first kappa shape index (κ1) is 20.4. The molecule has 0 bridgehead atoms. The number of rotatable bonds is 3. The third-order valence-electron chi connectivity index (χ3n) is 4.27. The molecule has 3 rings (SSSR count). The summed E-state index contributed by atoms with van der Waals surface area (Å²) in [5, 5.41) is 0. The van der Waals surface area contributed by atoms with Gasteiger partial charge in [-0.2, -0.15) is 0 Å². The molecule has 0 aromatic heterocycles. The van der Waals surface area contributed by atoms with Crippen molar-refractivity contribution in [1.82, 2.24) is 14.7 Å². The topological polar surface area (TPSA) is 70.2 Å². The number of carbonyl (C=O) groups is 3. The summed E-state index contributed by atoms with van der Waals surface area (Å²) >= 11 is 0. The van der Waals surface area contributed by atoms with E-state index in [4.69, 9.17) is 4.74 Å². The Morgan fingerprint density at radius 3 is 1.08 bits per heavy atom. The summed E-state index contributed by atoms with van der Waals surface area (Å²) in [4.78, 5) is 35.6. The molecule has 138 valence electrons. The summed E-state index contributed by atoms with van der Waals surface area (Å²) in [7, 11) is 0. The molecular formula is C17H31N3O4. The number of ether oxygens (including phenoxy) is 1. The van der Waals surface area contributed by atoms with E-state index in [0.717, 1.165) is 58.5 Å². The zero-order chi connectivity index (χ0) is 17.5. The largest absolute Gasteiger partial charge is 0.378 e. The molecule has 3 heterocycles. The van der Waals surface area contributed by atoms with Crippen molar-refractivity contribution in [3.63, 3.8) is 0 Å². The smallest absolute Gasteiger partial charge is 0.209 e. The van der Waals surface area contributed by atoms with Gasteiger partial charge in [0.2, 0.25) is 19.2 Å². The molecule has 7 nitrogen and oxygen atoms in total. The van der Waals surface area contributed by atoms with Gasteiger partial charge in [0, 0.05) is 39.3 Å². The van der Waals surface area contributed by atoms with Crippen LogP contribution in [0.5, 0.6) is 0 Å². The third kappa shape index (κ3) is 9.50. The Hall–Kier alpha value is -1.63. The van der Waals surface area contributed by atoms with E-state index in [0.29, 0.717) is 13.2 Å². The Morgan fingerprint density at radius 2 is 0.833 bits per heavy atom. The standard InChI is InChI=1S/2C6H11NO.C5H9NO2/c2*8-6-7-4-2-1-3-5-7;7-5-6-1-3-8-4-2-6/h2*6H,1-5H2;5H,1-4H2. The van der Waals surface area contributed by atoms with E-state index in [1.807, 2.05) is 9.80 Å². The van der Waals surface area contributed by atoms with E-state index in [-0.39, 0.29) is 0 Å². The number of hydrogen-bond donors (Lipinski definition) is 0. The molecule has 0 aromatic carbocycles. The van der Waals surface area contributed by atoms with Gasteiger partial charge >= 0.3 is 0 Å². The van der Waals surface area contributed by atoms with Crippen LogP contribution in [0.25, 0.3) is 0 Å². The van der Waals surface area contributed by atoms with Crippen LogP contribution >= 0.6 is 0 Å². The summed E-state index contributed by atoms with van der Waals surface area (Å²) < 4.78 is 5.00. The van der Waals surface area contributed by atoms with Gasteiger partial charge in [0.05, 0.1) is 13.2 Å². The average Bonchev–Trinajstić information content (AvgIpc) is 2.71. The second-order valence-electron chi connectivity index (χ2n) is 6.16. The SMILES string of the molecule is O=CN1CCCCC1.O=CN1CCCCC1.O=CN1CCOCC1. The lowest BCUT2D eigenvalue weighted by atomic mass is 10.1. The second kappa shape index (κ2) is 13.8. The molecule has 0 spiro atoms. The van der Waals surface area contributed by atoms with Gasteiger partial charge in [0.15, 0.2) is 0 Å². The fourth-order valence-corrected chi connectivity index (χ4v) is 2.73. The quantitative estimate of drug-likeness (QED) is 0.710. The van der Waals surface area contributed by atoms with Gasteiger partial charge in [-0.15, -0.1) is 0 Å². The molecule has 3 aliphatic heterocycles. The van der Waals surface area contributed by atoms with Crippen molar-refractivity contribution in [1.29, 1.82) is 0 Å². The van der Waals surface area contributed by atoms with Crippen LogP contribution in [0.15, 0.2) is 0 Å². The first-order valence-corrected chi connectivity index (χ1v) is 8.96. The van der Waals surface area contributed by atoms with Crippen LogP contribution in [-0.4, -0.2) is 86.4 Å². The van der Waals surface area contributed by atoms with Gasteiger partial charge in [0.1, 0.15) is 0 Å². The van der Waals surface area contributed by atoms with E-state index in [1.165, 1.54) is 38.5 Å². The van der Waals surface area contributed by atoms with Crippen LogP contribution in [0.1, 0.15) is 38.5 Å². The van der Waals surface area contributed by atoms with Crippen LogP contribution < -0.4 is 0 Å². The maximum atomic E-state index is 10.1. The molecule has 3 fully saturated rings. The van der Waals surface area contributed by atoms with Crippen LogP contribution in [0.2, 0.25) is 0 Å². The summed E-state index contributed by atoms with van der Waals surface area (Å²) in [6.07, 6.45) is 10.1. The van der Waals surface area contributed by atoms with Crippen LogP contribution in [-0.2, 0) is 19.1 Å². The molecule has 3 amide bonds. The van der Waals surface area contributed by atoms with Crippen LogP contribution in [0.4, 0.5) is 0 Å². The Bertz CT molecular complexity index is 284. The molecule has 24 heavy (non-hydrogen) atoms. The molecule has 0 saturated carbocycles. The molecule has 0 N–H and O–H groups in total. The third-order valence-corrected chi connectivity index (χ3v) is 4.27. The highest BCUT2D eigenvalue weighted by molar-refractivity contribution is 5.47. The molecule has 0 aliphatic carbocycles. The summed E-state index contributed by atoms with van der Waals surface area (Å²) in [6, 6.07) is 0. The van der Waals surface area contributed by atoms with Gasteiger partial charge in [-0.25, -0.2) is 0 Å². The highest BCUT2D eigenvalue weighted by atomic mass is 16.5. The van der Waals surface area contributed by atoms with E-state index >= 15 is 0 Å². The van der Waals surface area contributed by atoms with E-state index in [2.05, 4.69) is 0 Å². The molecule has 0 unspecified atom stereocenters. The van der Waals surface area contributed by atoms with Crippen molar-refractivity contribution < 1.29 is 19.1 Å². The highest BCUT2D eigenvalue weighted by Crippen LogP contribution is 2.05. The summed E-state index contributed by atoms with van der Waals surface area (Å²) in [5.41, 5.74) is 0. The molecule has 3 aliphatic rings. The number of nitrogens with zero attached hydrogens (tertiary/aromatic N) is 3. The zero-order valence-electron chi connectivity index (χ0n) is 14.6. The number of likely N-dealkylation sites (tertiary alicyclic amines) is 2. The number of piperidine rings is 2. The maximum Gasteiger partial charge on any atom is 0.209 e. The van der Waals surface area contributed by atoms with E-state index in [1.54, 1.807) is 4.90 Å². The number of morpholine rings is 1. The van der Waals surface area contributed by atoms with E-state index in [9.17, 15) is 14.4 Å². The molecule has 7 heteroatoms. The van der Waals surface area contributed by atoms with E-state index < -0.39 is 0 Å². The minimum atomic E-state index is 0.693. The Balaban J connectivity index is 0.000000180. The zero-order valence-corrected chi connectivity index (χ0v) is 14.6. The summed E-state index contributed by atoms with van der Waals surface area (Å²) in [6.45, 7) is 6.80. The van der Waals surface area contributed by atoms with Gasteiger partial charge in [0.25, 0.3) is 0 Å². The lowest BCUT2D eigenvalue weighted by Crippen LogP contribution is -2.34. The van der Waals surface area contributed by atoms with Gasteiger partial charge < -0.3 is 19.4 Å². The lowest BCUT2D eigenvalue weighted by Gasteiger charge is -2.21. The van der Waals surface area contributed by atoms with Crippen LogP contribution in [0, 0.1) is 0 Å². The molecule has 0 aromatic rings.